The summed E-state index contributed by atoms with van der Waals surface area (Å²) in [5, 5.41) is 0. The zero-order valence-corrected chi connectivity index (χ0v) is 14.0. The van der Waals surface area contributed by atoms with E-state index in [2.05, 4.69) is 9.97 Å². The first-order valence-corrected chi connectivity index (χ1v) is 8.00. The quantitative estimate of drug-likeness (QED) is 0.565. The molecule has 0 atom stereocenters. The topological polar surface area (TPSA) is 70.2 Å². The van der Waals surface area contributed by atoms with Gasteiger partial charge in [0, 0.05) is 17.8 Å². The van der Waals surface area contributed by atoms with Gasteiger partial charge in [-0.15, -0.1) is 0 Å². The van der Waals surface area contributed by atoms with Crippen LogP contribution in [0.5, 0.6) is 5.75 Å². The summed E-state index contributed by atoms with van der Waals surface area (Å²) in [6, 6.07) is 17.8. The van der Waals surface area contributed by atoms with Crippen LogP contribution >= 0.6 is 0 Å². The largest absolute Gasteiger partial charge is 0.497 e. The van der Waals surface area contributed by atoms with Crippen LogP contribution in [0.2, 0.25) is 0 Å². The SMILES string of the molecule is COc1ccc(-c2cnc(-c3cccc(=O)n3-c3ccccn3)o2)cc1. The Morgan fingerprint density at radius 2 is 1.81 bits per heavy atom. The van der Waals surface area contributed by atoms with E-state index in [0.29, 0.717) is 23.2 Å². The molecule has 26 heavy (non-hydrogen) atoms. The molecule has 3 heterocycles. The molecule has 0 aliphatic carbocycles. The van der Waals surface area contributed by atoms with Gasteiger partial charge in [-0.1, -0.05) is 12.1 Å². The molecule has 128 valence electrons. The zero-order valence-electron chi connectivity index (χ0n) is 14.0. The fourth-order valence-corrected chi connectivity index (χ4v) is 2.66. The van der Waals surface area contributed by atoms with Crippen LogP contribution in [-0.2, 0) is 0 Å². The van der Waals surface area contributed by atoms with Gasteiger partial charge in [0.2, 0.25) is 5.89 Å². The summed E-state index contributed by atoms with van der Waals surface area (Å²) < 4.78 is 12.5. The summed E-state index contributed by atoms with van der Waals surface area (Å²) in [4.78, 5) is 21.0. The third-order valence-electron chi connectivity index (χ3n) is 3.93. The minimum atomic E-state index is -0.203. The molecule has 0 spiro atoms. The van der Waals surface area contributed by atoms with Gasteiger partial charge in [-0.05, 0) is 42.5 Å². The molecule has 0 aliphatic heterocycles. The van der Waals surface area contributed by atoms with Gasteiger partial charge in [0.05, 0.1) is 13.3 Å². The van der Waals surface area contributed by atoms with E-state index in [0.717, 1.165) is 11.3 Å². The lowest BCUT2D eigenvalue weighted by atomic mass is 10.2. The van der Waals surface area contributed by atoms with Crippen molar-refractivity contribution in [1.82, 2.24) is 14.5 Å². The van der Waals surface area contributed by atoms with E-state index in [1.807, 2.05) is 30.3 Å². The highest BCUT2D eigenvalue weighted by molar-refractivity contribution is 5.61. The molecular formula is C20H15N3O3. The van der Waals surface area contributed by atoms with E-state index in [1.54, 1.807) is 43.8 Å². The van der Waals surface area contributed by atoms with Crippen LogP contribution in [0, 0.1) is 0 Å². The Hall–Kier alpha value is -3.67. The highest BCUT2D eigenvalue weighted by Crippen LogP contribution is 2.27. The van der Waals surface area contributed by atoms with E-state index in [9.17, 15) is 4.79 Å². The second kappa shape index (κ2) is 6.68. The standard InChI is InChI=1S/C20H15N3O3/c1-25-15-10-8-14(9-11-15)17-13-22-20(26-17)16-5-4-7-19(24)23(16)18-6-2-3-12-21-18/h2-13H,1H3. The van der Waals surface area contributed by atoms with Gasteiger partial charge in [0.25, 0.3) is 5.56 Å². The minimum Gasteiger partial charge on any atom is -0.497 e. The van der Waals surface area contributed by atoms with Crippen molar-refractivity contribution in [3.8, 4) is 34.5 Å². The molecule has 0 saturated carbocycles. The number of hydrogen-bond acceptors (Lipinski definition) is 5. The second-order valence-electron chi connectivity index (χ2n) is 5.53. The second-order valence-corrected chi connectivity index (χ2v) is 5.53. The molecule has 4 rings (SSSR count). The van der Waals surface area contributed by atoms with Gasteiger partial charge < -0.3 is 9.15 Å². The van der Waals surface area contributed by atoms with Crippen LogP contribution in [0.1, 0.15) is 0 Å². The first-order chi connectivity index (χ1) is 12.8. The van der Waals surface area contributed by atoms with Gasteiger partial charge >= 0.3 is 0 Å². The normalized spacial score (nSPS) is 10.7. The van der Waals surface area contributed by atoms with Crippen molar-refractivity contribution >= 4 is 0 Å². The Bertz CT molecular complexity index is 1080. The van der Waals surface area contributed by atoms with Crippen LogP contribution in [0.25, 0.3) is 28.7 Å². The average Bonchev–Trinajstić information content (AvgIpc) is 3.18. The van der Waals surface area contributed by atoms with Gasteiger partial charge in [-0.25, -0.2) is 9.97 Å². The number of nitrogens with zero attached hydrogens (tertiary/aromatic N) is 3. The monoisotopic (exact) mass is 345 g/mol. The molecule has 1 aromatic carbocycles. The maximum Gasteiger partial charge on any atom is 0.256 e. The highest BCUT2D eigenvalue weighted by Gasteiger charge is 2.15. The molecule has 0 saturated heterocycles. The van der Waals surface area contributed by atoms with Crippen LogP contribution in [0.4, 0.5) is 0 Å². The van der Waals surface area contributed by atoms with Crippen LogP contribution < -0.4 is 10.3 Å². The average molecular weight is 345 g/mol. The van der Waals surface area contributed by atoms with E-state index >= 15 is 0 Å². The van der Waals surface area contributed by atoms with E-state index in [-0.39, 0.29) is 5.56 Å². The lowest BCUT2D eigenvalue weighted by Gasteiger charge is -2.08. The third-order valence-corrected chi connectivity index (χ3v) is 3.93. The van der Waals surface area contributed by atoms with E-state index in [4.69, 9.17) is 9.15 Å². The molecule has 4 aromatic rings. The van der Waals surface area contributed by atoms with E-state index in [1.165, 1.54) is 10.6 Å². The number of rotatable bonds is 4. The maximum absolute atomic E-state index is 12.4. The van der Waals surface area contributed by atoms with Crippen molar-refractivity contribution in [2.24, 2.45) is 0 Å². The molecule has 0 fully saturated rings. The Balaban J connectivity index is 1.79. The first-order valence-electron chi connectivity index (χ1n) is 8.00. The molecule has 0 bridgehead atoms. The molecule has 6 nitrogen and oxygen atoms in total. The van der Waals surface area contributed by atoms with Crippen molar-refractivity contribution in [1.29, 1.82) is 0 Å². The summed E-state index contributed by atoms with van der Waals surface area (Å²) in [5.74, 6) is 2.23. The lowest BCUT2D eigenvalue weighted by Crippen LogP contribution is -2.19. The Morgan fingerprint density at radius 3 is 2.54 bits per heavy atom. The van der Waals surface area contributed by atoms with Gasteiger partial charge in [-0.3, -0.25) is 9.36 Å². The predicted octanol–water partition coefficient (Wildman–Crippen LogP) is 3.56. The van der Waals surface area contributed by atoms with Crippen molar-refractivity contribution in [3.63, 3.8) is 0 Å². The predicted molar refractivity (Wildman–Crippen MR) is 97.3 cm³/mol. The highest BCUT2D eigenvalue weighted by atomic mass is 16.5. The summed E-state index contributed by atoms with van der Waals surface area (Å²) in [7, 11) is 1.62. The van der Waals surface area contributed by atoms with Gasteiger partial charge in [-0.2, -0.15) is 0 Å². The fourth-order valence-electron chi connectivity index (χ4n) is 2.66. The molecule has 0 N–H and O–H groups in total. The minimum absolute atomic E-state index is 0.203. The molecule has 0 amide bonds. The number of methoxy groups -OCH3 is 1. The number of hydrogen-bond donors (Lipinski definition) is 0. The number of oxazole rings is 1. The molecule has 6 heteroatoms. The van der Waals surface area contributed by atoms with Crippen molar-refractivity contribution in [2.75, 3.05) is 7.11 Å². The van der Waals surface area contributed by atoms with Gasteiger partial charge in [0.1, 0.15) is 17.3 Å². The van der Waals surface area contributed by atoms with Crippen molar-refractivity contribution < 1.29 is 9.15 Å². The fraction of sp³-hybridized carbons (Fsp3) is 0.0500. The van der Waals surface area contributed by atoms with E-state index < -0.39 is 0 Å². The van der Waals surface area contributed by atoms with Crippen molar-refractivity contribution in [2.45, 2.75) is 0 Å². The molecule has 0 radical (unpaired) electrons. The van der Waals surface area contributed by atoms with Crippen LogP contribution in [0.3, 0.4) is 0 Å². The van der Waals surface area contributed by atoms with Crippen LogP contribution in [-0.4, -0.2) is 21.6 Å². The van der Waals surface area contributed by atoms with Crippen LogP contribution in [0.15, 0.2) is 82.3 Å². The smallest absolute Gasteiger partial charge is 0.256 e. The Kier molecular flexibility index (Phi) is 4.07. The Morgan fingerprint density at radius 1 is 0.962 bits per heavy atom. The van der Waals surface area contributed by atoms with Gasteiger partial charge in [0.15, 0.2) is 5.76 Å². The number of ether oxygens (including phenoxy) is 1. The lowest BCUT2D eigenvalue weighted by molar-refractivity contribution is 0.415. The zero-order chi connectivity index (χ0) is 17.9. The number of aromatic nitrogens is 3. The molecule has 0 aliphatic rings. The summed E-state index contributed by atoms with van der Waals surface area (Å²) in [6.45, 7) is 0. The van der Waals surface area contributed by atoms with Crippen molar-refractivity contribution in [3.05, 3.63) is 83.4 Å². The first kappa shape index (κ1) is 15.8. The summed E-state index contributed by atoms with van der Waals surface area (Å²) >= 11 is 0. The molecular weight excluding hydrogens is 330 g/mol. The molecule has 3 aromatic heterocycles. The summed E-state index contributed by atoms with van der Waals surface area (Å²) in [6.07, 6.45) is 3.27. The number of pyridine rings is 2. The number of benzene rings is 1. The third kappa shape index (κ3) is 2.88. The maximum atomic E-state index is 12.4. The summed E-state index contributed by atoms with van der Waals surface area (Å²) in [5.41, 5.74) is 1.20. The molecule has 0 unspecified atom stereocenters. The Labute approximate surface area is 149 Å².